The fourth-order valence-electron chi connectivity index (χ4n) is 2.63. The summed E-state index contributed by atoms with van der Waals surface area (Å²) >= 11 is 12.0. The summed E-state index contributed by atoms with van der Waals surface area (Å²) in [4.78, 5) is 16.7. The van der Waals surface area contributed by atoms with Crippen LogP contribution in [0.25, 0.3) is 0 Å². The summed E-state index contributed by atoms with van der Waals surface area (Å²) < 4.78 is 5.72. The van der Waals surface area contributed by atoms with Crippen molar-refractivity contribution in [3.63, 3.8) is 0 Å². The molecule has 23 heavy (non-hydrogen) atoms. The molecule has 1 atom stereocenters. The molecule has 1 heterocycles. The van der Waals surface area contributed by atoms with Crippen molar-refractivity contribution in [1.29, 1.82) is 0 Å². The van der Waals surface area contributed by atoms with Gasteiger partial charge < -0.3 is 9.64 Å². The molecule has 4 nitrogen and oxygen atoms in total. The van der Waals surface area contributed by atoms with Crippen LogP contribution in [0.1, 0.15) is 13.3 Å². The summed E-state index contributed by atoms with van der Waals surface area (Å²) in [5, 5.41) is 0.946. The van der Waals surface area contributed by atoms with Crippen LogP contribution in [0.3, 0.4) is 0 Å². The molecule has 0 aliphatic carbocycles. The molecule has 1 aromatic carbocycles. The molecular weight excluding hydrogens is 335 g/mol. The highest BCUT2D eigenvalue weighted by Crippen LogP contribution is 2.28. The largest absolute Gasteiger partial charge is 0.479 e. The first-order valence-electron chi connectivity index (χ1n) is 7.75. The Labute approximate surface area is 147 Å². The summed E-state index contributed by atoms with van der Waals surface area (Å²) in [5.74, 6) is 0.455. The minimum absolute atomic E-state index is 0.0172. The van der Waals surface area contributed by atoms with Gasteiger partial charge in [-0.15, -0.1) is 6.58 Å². The summed E-state index contributed by atoms with van der Waals surface area (Å²) in [6.45, 7) is 9.65. The molecular formula is C17H22Cl2N2O2. The van der Waals surface area contributed by atoms with Crippen LogP contribution in [-0.4, -0.2) is 54.5 Å². The molecule has 1 saturated heterocycles. The number of carbonyl (C=O) groups is 1. The molecule has 0 bridgehead atoms. The smallest absolute Gasteiger partial charge is 0.263 e. The lowest BCUT2D eigenvalue weighted by atomic mass is 10.3. The molecule has 1 aliphatic heterocycles. The topological polar surface area (TPSA) is 32.8 Å². The SMILES string of the molecule is C=CCN1CCCN(C(=O)C(C)Oc2ccc(Cl)cc2Cl)CC1. The number of nitrogens with zero attached hydrogens (tertiary/aromatic N) is 2. The van der Waals surface area contributed by atoms with Crippen LogP contribution >= 0.6 is 23.2 Å². The molecule has 0 radical (unpaired) electrons. The van der Waals surface area contributed by atoms with E-state index < -0.39 is 6.10 Å². The summed E-state index contributed by atoms with van der Waals surface area (Å²) in [6.07, 6.45) is 2.26. The van der Waals surface area contributed by atoms with Gasteiger partial charge in [-0.3, -0.25) is 9.69 Å². The first-order chi connectivity index (χ1) is 11.0. The summed E-state index contributed by atoms with van der Waals surface area (Å²) in [7, 11) is 0. The van der Waals surface area contributed by atoms with Crippen LogP contribution in [0.4, 0.5) is 0 Å². The van der Waals surface area contributed by atoms with Crippen LogP contribution in [0.2, 0.25) is 10.0 Å². The lowest BCUT2D eigenvalue weighted by Crippen LogP contribution is -2.42. The minimum atomic E-state index is -0.584. The van der Waals surface area contributed by atoms with Gasteiger partial charge in [-0.1, -0.05) is 29.3 Å². The number of benzene rings is 1. The van der Waals surface area contributed by atoms with Crippen LogP contribution in [0.5, 0.6) is 5.75 Å². The van der Waals surface area contributed by atoms with E-state index in [9.17, 15) is 4.79 Å². The third-order valence-corrected chi connectivity index (χ3v) is 4.36. The zero-order chi connectivity index (χ0) is 16.8. The van der Waals surface area contributed by atoms with E-state index in [4.69, 9.17) is 27.9 Å². The molecule has 0 aromatic heterocycles. The Kier molecular flexibility index (Phi) is 6.75. The average molecular weight is 357 g/mol. The van der Waals surface area contributed by atoms with Gasteiger partial charge in [0.1, 0.15) is 5.75 Å². The van der Waals surface area contributed by atoms with Crippen molar-refractivity contribution in [3.8, 4) is 5.75 Å². The third-order valence-electron chi connectivity index (χ3n) is 3.83. The second kappa shape index (κ2) is 8.57. The highest BCUT2D eigenvalue weighted by molar-refractivity contribution is 6.35. The van der Waals surface area contributed by atoms with Crippen molar-refractivity contribution in [3.05, 3.63) is 40.9 Å². The fraction of sp³-hybridized carbons (Fsp3) is 0.471. The van der Waals surface area contributed by atoms with Crippen molar-refractivity contribution in [2.24, 2.45) is 0 Å². The maximum absolute atomic E-state index is 12.6. The van der Waals surface area contributed by atoms with Gasteiger partial charge in [0.2, 0.25) is 0 Å². The second-order valence-electron chi connectivity index (χ2n) is 5.60. The Morgan fingerprint density at radius 3 is 2.83 bits per heavy atom. The van der Waals surface area contributed by atoms with E-state index in [-0.39, 0.29) is 5.91 Å². The van der Waals surface area contributed by atoms with Crippen molar-refractivity contribution in [1.82, 2.24) is 9.80 Å². The Balaban J connectivity index is 1.95. The van der Waals surface area contributed by atoms with Gasteiger partial charge in [0, 0.05) is 37.7 Å². The lowest BCUT2D eigenvalue weighted by molar-refractivity contribution is -0.137. The molecule has 1 unspecified atom stereocenters. The average Bonchev–Trinajstić information content (AvgIpc) is 2.75. The van der Waals surface area contributed by atoms with Gasteiger partial charge in [-0.25, -0.2) is 0 Å². The number of rotatable bonds is 5. The zero-order valence-electron chi connectivity index (χ0n) is 13.3. The van der Waals surface area contributed by atoms with E-state index >= 15 is 0 Å². The second-order valence-corrected chi connectivity index (χ2v) is 6.45. The summed E-state index contributed by atoms with van der Waals surface area (Å²) in [5.41, 5.74) is 0. The van der Waals surface area contributed by atoms with E-state index in [1.807, 2.05) is 11.0 Å². The quantitative estimate of drug-likeness (QED) is 0.757. The highest BCUT2D eigenvalue weighted by Gasteiger charge is 2.24. The van der Waals surface area contributed by atoms with Crippen LogP contribution in [0.15, 0.2) is 30.9 Å². The number of carbonyl (C=O) groups excluding carboxylic acids is 1. The number of halogens is 2. The minimum Gasteiger partial charge on any atom is -0.479 e. The van der Waals surface area contributed by atoms with E-state index in [0.717, 1.165) is 32.6 Å². The predicted octanol–water partition coefficient (Wildman–Crippen LogP) is 3.48. The zero-order valence-corrected chi connectivity index (χ0v) is 14.8. The van der Waals surface area contributed by atoms with Crippen LogP contribution in [-0.2, 0) is 4.79 Å². The molecule has 1 amide bonds. The summed E-state index contributed by atoms with van der Waals surface area (Å²) in [6, 6.07) is 4.98. The standard InChI is InChI=1S/C17H22Cl2N2O2/c1-3-7-20-8-4-9-21(11-10-20)17(22)13(2)23-16-6-5-14(18)12-15(16)19/h3,5-6,12-13H,1,4,7-11H2,2H3. The maximum atomic E-state index is 12.6. The third kappa shape index (κ3) is 5.13. The van der Waals surface area contributed by atoms with Gasteiger partial charge in [-0.05, 0) is 31.5 Å². The van der Waals surface area contributed by atoms with E-state index in [0.29, 0.717) is 22.3 Å². The molecule has 1 aliphatic rings. The van der Waals surface area contributed by atoms with Crippen molar-refractivity contribution in [2.75, 3.05) is 32.7 Å². The van der Waals surface area contributed by atoms with E-state index in [1.54, 1.807) is 25.1 Å². The van der Waals surface area contributed by atoms with E-state index in [1.165, 1.54) is 0 Å². The molecule has 126 valence electrons. The normalized spacial score (nSPS) is 17.4. The molecule has 0 saturated carbocycles. The molecule has 2 rings (SSSR count). The van der Waals surface area contributed by atoms with Crippen LogP contribution < -0.4 is 4.74 Å². The monoisotopic (exact) mass is 356 g/mol. The number of hydrogen-bond donors (Lipinski definition) is 0. The van der Waals surface area contributed by atoms with E-state index in [2.05, 4.69) is 11.5 Å². The molecule has 6 heteroatoms. The lowest BCUT2D eigenvalue weighted by Gasteiger charge is -2.25. The van der Waals surface area contributed by atoms with Gasteiger partial charge in [0.25, 0.3) is 5.91 Å². The highest BCUT2D eigenvalue weighted by atomic mass is 35.5. The maximum Gasteiger partial charge on any atom is 0.263 e. The Morgan fingerprint density at radius 1 is 1.35 bits per heavy atom. The van der Waals surface area contributed by atoms with Crippen molar-refractivity contribution >= 4 is 29.1 Å². The van der Waals surface area contributed by atoms with Crippen molar-refractivity contribution < 1.29 is 9.53 Å². The first-order valence-corrected chi connectivity index (χ1v) is 8.50. The molecule has 0 spiro atoms. The number of hydrogen-bond acceptors (Lipinski definition) is 3. The molecule has 0 N–H and O–H groups in total. The first kappa shape index (κ1) is 18.1. The van der Waals surface area contributed by atoms with Gasteiger partial charge >= 0.3 is 0 Å². The molecule has 1 aromatic rings. The Bertz CT molecular complexity index is 566. The number of ether oxygens (including phenoxy) is 1. The Hall–Kier alpha value is -1.23. The van der Waals surface area contributed by atoms with Gasteiger partial charge in [0.05, 0.1) is 5.02 Å². The fourth-order valence-corrected chi connectivity index (χ4v) is 3.08. The Morgan fingerprint density at radius 2 is 2.13 bits per heavy atom. The van der Waals surface area contributed by atoms with Gasteiger partial charge in [0.15, 0.2) is 6.10 Å². The van der Waals surface area contributed by atoms with Crippen LogP contribution in [0, 0.1) is 0 Å². The predicted molar refractivity (Wildman–Crippen MR) is 94.4 cm³/mol. The van der Waals surface area contributed by atoms with Gasteiger partial charge in [-0.2, -0.15) is 0 Å². The molecule has 1 fully saturated rings. The number of amides is 1. The van der Waals surface area contributed by atoms with Crippen molar-refractivity contribution in [2.45, 2.75) is 19.4 Å².